The first-order valence-electron chi connectivity index (χ1n) is 5.68. The molecule has 0 saturated carbocycles. The van der Waals surface area contributed by atoms with Crippen molar-refractivity contribution in [2.75, 3.05) is 0 Å². The van der Waals surface area contributed by atoms with E-state index < -0.39 is 5.82 Å². The predicted molar refractivity (Wildman–Crippen MR) is 63.7 cm³/mol. The van der Waals surface area contributed by atoms with Crippen molar-refractivity contribution in [2.24, 2.45) is 0 Å². The monoisotopic (exact) mass is 256 g/mol. The number of ether oxygens (including phenoxy) is 1. The van der Waals surface area contributed by atoms with Crippen LogP contribution in [0.2, 0.25) is 5.02 Å². The molecule has 1 aliphatic heterocycles. The number of rotatable bonds is 3. The molecule has 2 atom stereocenters. The first kappa shape index (κ1) is 12.5. The molecule has 4 heteroatoms. The first-order valence-corrected chi connectivity index (χ1v) is 6.06. The van der Waals surface area contributed by atoms with Gasteiger partial charge in [-0.15, -0.1) is 0 Å². The van der Waals surface area contributed by atoms with Crippen LogP contribution in [-0.2, 0) is 16.0 Å². The average molecular weight is 257 g/mol. The van der Waals surface area contributed by atoms with Gasteiger partial charge in [0.15, 0.2) is 5.78 Å². The van der Waals surface area contributed by atoms with Gasteiger partial charge in [-0.1, -0.05) is 17.7 Å². The maximum Gasteiger partial charge on any atom is 0.165 e. The van der Waals surface area contributed by atoms with E-state index in [4.69, 9.17) is 16.3 Å². The van der Waals surface area contributed by atoms with Crippen LogP contribution >= 0.6 is 11.6 Å². The highest BCUT2D eigenvalue weighted by molar-refractivity contribution is 6.31. The molecule has 0 N–H and O–H groups in total. The SMILES string of the molecule is CC1CCC(C(=O)Cc2ccc(F)cc2Cl)O1. The standard InChI is InChI=1S/C13H14ClFO2/c1-8-2-5-13(17-8)12(16)6-9-3-4-10(15)7-11(9)14/h3-4,7-8,13H,2,5-6H2,1H3. The molecule has 17 heavy (non-hydrogen) atoms. The van der Waals surface area contributed by atoms with Crippen molar-refractivity contribution in [1.82, 2.24) is 0 Å². The maximum absolute atomic E-state index is 12.8. The van der Waals surface area contributed by atoms with Crippen molar-refractivity contribution in [3.63, 3.8) is 0 Å². The van der Waals surface area contributed by atoms with Crippen LogP contribution in [0.3, 0.4) is 0 Å². The number of Topliss-reactive ketones (excluding diaryl/α,β-unsaturated/α-hetero) is 1. The second kappa shape index (κ2) is 5.15. The van der Waals surface area contributed by atoms with Gasteiger partial charge in [-0.25, -0.2) is 4.39 Å². The molecule has 0 amide bonds. The molecule has 1 aliphatic rings. The van der Waals surface area contributed by atoms with E-state index in [0.29, 0.717) is 10.6 Å². The lowest BCUT2D eigenvalue weighted by Gasteiger charge is -2.10. The minimum Gasteiger partial charge on any atom is -0.367 e. The molecule has 2 unspecified atom stereocenters. The normalized spacial score (nSPS) is 23.9. The number of hydrogen-bond donors (Lipinski definition) is 0. The summed E-state index contributed by atoms with van der Waals surface area (Å²) >= 11 is 5.88. The zero-order chi connectivity index (χ0) is 12.4. The van der Waals surface area contributed by atoms with Crippen molar-refractivity contribution in [2.45, 2.75) is 38.4 Å². The van der Waals surface area contributed by atoms with Gasteiger partial charge >= 0.3 is 0 Å². The minimum absolute atomic E-state index is 0.0165. The summed E-state index contributed by atoms with van der Waals surface area (Å²) in [6.45, 7) is 1.96. The fourth-order valence-corrected chi connectivity index (χ4v) is 2.24. The molecule has 1 heterocycles. The van der Waals surface area contributed by atoms with E-state index >= 15 is 0 Å². The van der Waals surface area contributed by atoms with Gasteiger partial charge in [0.05, 0.1) is 6.10 Å². The van der Waals surface area contributed by atoms with Crippen LogP contribution < -0.4 is 0 Å². The van der Waals surface area contributed by atoms with Crippen LogP contribution in [0.1, 0.15) is 25.3 Å². The van der Waals surface area contributed by atoms with Crippen molar-refractivity contribution in [3.8, 4) is 0 Å². The molecule has 2 nitrogen and oxygen atoms in total. The Morgan fingerprint density at radius 3 is 2.88 bits per heavy atom. The topological polar surface area (TPSA) is 26.3 Å². The van der Waals surface area contributed by atoms with Gasteiger partial charge < -0.3 is 4.74 Å². The molecular formula is C13H14ClFO2. The Bertz CT molecular complexity index is 433. The van der Waals surface area contributed by atoms with Crippen LogP contribution in [0.5, 0.6) is 0 Å². The highest BCUT2D eigenvalue weighted by Gasteiger charge is 2.28. The molecule has 2 rings (SSSR count). The Kier molecular flexibility index (Phi) is 3.79. The number of ketones is 1. The molecule has 1 fully saturated rings. The van der Waals surface area contributed by atoms with E-state index in [9.17, 15) is 9.18 Å². The summed E-state index contributed by atoms with van der Waals surface area (Å²) in [6.07, 6.45) is 1.70. The van der Waals surface area contributed by atoms with Crippen molar-refractivity contribution in [3.05, 3.63) is 34.6 Å². The van der Waals surface area contributed by atoms with Crippen LogP contribution in [0.15, 0.2) is 18.2 Å². The van der Waals surface area contributed by atoms with Gasteiger partial charge in [0.1, 0.15) is 11.9 Å². The summed E-state index contributed by atoms with van der Waals surface area (Å²) < 4.78 is 18.3. The van der Waals surface area contributed by atoms with E-state index in [1.54, 1.807) is 6.07 Å². The molecule has 0 aliphatic carbocycles. The van der Waals surface area contributed by atoms with E-state index in [-0.39, 0.29) is 24.4 Å². The highest BCUT2D eigenvalue weighted by Crippen LogP contribution is 2.23. The van der Waals surface area contributed by atoms with Gasteiger partial charge in [-0.05, 0) is 37.5 Å². The molecule has 1 saturated heterocycles. The summed E-state index contributed by atoms with van der Waals surface area (Å²) in [7, 11) is 0. The third kappa shape index (κ3) is 3.05. The molecule has 1 aromatic rings. The summed E-state index contributed by atoms with van der Waals surface area (Å²) in [5.74, 6) is -0.375. The van der Waals surface area contributed by atoms with Gasteiger partial charge in [0.25, 0.3) is 0 Å². The second-order valence-electron chi connectivity index (χ2n) is 4.39. The molecular weight excluding hydrogens is 243 g/mol. The van der Waals surface area contributed by atoms with Gasteiger partial charge in [-0.3, -0.25) is 4.79 Å². The summed E-state index contributed by atoms with van der Waals surface area (Å²) in [5.41, 5.74) is 0.654. The fraction of sp³-hybridized carbons (Fsp3) is 0.462. The van der Waals surface area contributed by atoms with Crippen molar-refractivity contribution >= 4 is 17.4 Å². The average Bonchev–Trinajstić information content (AvgIpc) is 2.69. The minimum atomic E-state index is -0.392. The number of hydrogen-bond acceptors (Lipinski definition) is 2. The van der Waals surface area contributed by atoms with Crippen molar-refractivity contribution < 1.29 is 13.9 Å². The third-order valence-corrected chi connectivity index (χ3v) is 3.32. The number of carbonyl (C=O) groups is 1. The Morgan fingerprint density at radius 1 is 1.53 bits per heavy atom. The molecule has 0 radical (unpaired) electrons. The molecule has 0 spiro atoms. The smallest absolute Gasteiger partial charge is 0.165 e. The lowest BCUT2D eigenvalue weighted by Crippen LogP contribution is -2.22. The Morgan fingerprint density at radius 2 is 2.29 bits per heavy atom. The molecule has 0 bridgehead atoms. The van der Waals surface area contributed by atoms with E-state index in [1.165, 1.54) is 12.1 Å². The molecule has 1 aromatic carbocycles. The Labute approximate surface area is 105 Å². The third-order valence-electron chi connectivity index (χ3n) is 2.97. The maximum atomic E-state index is 12.8. The quantitative estimate of drug-likeness (QED) is 0.830. The zero-order valence-corrected chi connectivity index (χ0v) is 10.3. The van der Waals surface area contributed by atoms with Gasteiger partial charge in [-0.2, -0.15) is 0 Å². The Hall–Kier alpha value is -0.930. The number of carbonyl (C=O) groups excluding carboxylic acids is 1. The van der Waals surface area contributed by atoms with E-state index in [1.807, 2.05) is 6.92 Å². The van der Waals surface area contributed by atoms with Crippen LogP contribution in [0.25, 0.3) is 0 Å². The van der Waals surface area contributed by atoms with E-state index in [2.05, 4.69) is 0 Å². The lowest BCUT2D eigenvalue weighted by molar-refractivity contribution is -0.128. The largest absolute Gasteiger partial charge is 0.367 e. The lowest BCUT2D eigenvalue weighted by atomic mass is 10.0. The van der Waals surface area contributed by atoms with Crippen molar-refractivity contribution in [1.29, 1.82) is 0 Å². The highest BCUT2D eigenvalue weighted by atomic mass is 35.5. The van der Waals surface area contributed by atoms with Crippen LogP contribution in [0, 0.1) is 5.82 Å². The number of halogens is 2. The van der Waals surface area contributed by atoms with Gasteiger partial charge in [0, 0.05) is 11.4 Å². The molecule has 0 aromatic heterocycles. The fourth-order valence-electron chi connectivity index (χ4n) is 2.01. The number of benzene rings is 1. The first-order chi connectivity index (χ1) is 8.06. The summed E-state index contributed by atoms with van der Waals surface area (Å²) in [4.78, 5) is 11.9. The zero-order valence-electron chi connectivity index (χ0n) is 9.58. The Balaban J connectivity index is 2.03. The summed E-state index contributed by atoms with van der Waals surface area (Å²) in [6, 6.07) is 4.09. The predicted octanol–water partition coefficient (Wildman–Crippen LogP) is 3.16. The van der Waals surface area contributed by atoms with Crippen LogP contribution in [0.4, 0.5) is 4.39 Å². The summed E-state index contributed by atoms with van der Waals surface area (Å²) in [5, 5.41) is 0.296. The molecule has 92 valence electrons. The second-order valence-corrected chi connectivity index (χ2v) is 4.80. The van der Waals surface area contributed by atoms with Gasteiger partial charge in [0.2, 0.25) is 0 Å². The van der Waals surface area contributed by atoms with Crippen LogP contribution in [-0.4, -0.2) is 18.0 Å². The van der Waals surface area contributed by atoms with E-state index in [0.717, 1.165) is 12.8 Å².